The minimum absolute atomic E-state index is 0.0828. The zero-order valence-electron chi connectivity index (χ0n) is 20.8. The summed E-state index contributed by atoms with van der Waals surface area (Å²) >= 11 is 8.12. The zero-order valence-corrected chi connectivity index (χ0v) is 23.3. The average molecular weight is 566 g/mol. The van der Waals surface area contributed by atoms with Gasteiger partial charge in [-0.1, -0.05) is 18.2 Å². The number of ether oxygens (including phenoxy) is 1. The second kappa shape index (κ2) is 11.7. The fraction of sp³-hybridized carbons (Fsp3) is 0.286. The quantitative estimate of drug-likeness (QED) is 0.204. The van der Waals surface area contributed by atoms with Crippen LogP contribution in [0.3, 0.4) is 0 Å². The molecule has 1 atom stereocenters. The van der Waals surface area contributed by atoms with Crippen LogP contribution in [0.15, 0.2) is 59.5 Å². The van der Waals surface area contributed by atoms with Crippen molar-refractivity contribution in [1.29, 1.82) is 0 Å². The van der Waals surface area contributed by atoms with Crippen LogP contribution in [0, 0.1) is 0 Å². The first-order chi connectivity index (χ1) is 18.4. The van der Waals surface area contributed by atoms with E-state index in [0.717, 1.165) is 52.4 Å². The third-order valence-electron chi connectivity index (χ3n) is 6.36. The fourth-order valence-corrected chi connectivity index (χ4v) is 7.32. The summed E-state index contributed by atoms with van der Waals surface area (Å²) in [5, 5.41) is 6.61. The number of rotatable bonds is 7. The highest BCUT2D eigenvalue weighted by Crippen LogP contribution is 2.44. The highest BCUT2D eigenvalue weighted by atomic mass is 32.2. The van der Waals surface area contributed by atoms with Crippen LogP contribution in [0.5, 0.6) is 0 Å². The number of thiophene rings is 1. The van der Waals surface area contributed by atoms with Gasteiger partial charge in [0.15, 0.2) is 5.11 Å². The van der Waals surface area contributed by atoms with Crippen LogP contribution in [0.2, 0.25) is 0 Å². The molecule has 0 spiro atoms. The van der Waals surface area contributed by atoms with E-state index in [2.05, 4.69) is 10.6 Å². The van der Waals surface area contributed by atoms with Crippen molar-refractivity contribution in [3.8, 4) is 0 Å². The SMILES string of the molecule is CCOC(=O)c1c(N2C(=O)C[C@H](Sc3ccc(NC(=S)Nc4ccccc4)cc3)C2=O)sc2c1CCCC2. The van der Waals surface area contributed by atoms with E-state index in [1.54, 1.807) is 6.92 Å². The maximum atomic E-state index is 13.5. The molecule has 0 unspecified atom stereocenters. The van der Waals surface area contributed by atoms with Gasteiger partial charge in [-0.05, 0) is 86.8 Å². The number of nitrogens with zero attached hydrogens (tertiary/aromatic N) is 1. The number of hydrogen-bond donors (Lipinski definition) is 2. The number of amides is 2. The number of imide groups is 1. The van der Waals surface area contributed by atoms with Gasteiger partial charge in [-0.25, -0.2) is 9.69 Å². The van der Waals surface area contributed by atoms with E-state index in [1.807, 2.05) is 54.6 Å². The second-order valence-electron chi connectivity index (χ2n) is 8.96. The monoisotopic (exact) mass is 565 g/mol. The van der Waals surface area contributed by atoms with Crippen molar-refractivity contribution in [3.63, 3.8) is 0 Å². The summed E-state index contributed by atoms with van der Waals surface area (Å²) in [7, 11) is 0. The van der Waals surface area contributed by atoms with Crippen LogP contribution in [0.25, 0.3) is 0 Å². The van der Waals surface area contributed by atoms with E-state index in [-0.39, 0.29) is 24.8 Å². The number of thiocarbonyl (C=S) groups is 1. The Kier molecular flexibility index (Phi) is 8.11. The first-order valence-electron chi connectivity index (χ1n) is 12.5. The number of carbonyl (C=O) groups is 3. The first kappa shape index (κ1) is 26.4. The Balaban J connectivity index is 1.28. The lowest BCUT2D eigenvalue weighted by Crippen LogP contribution is -2.32. The molecule has 2 N–H and O–H groups in total. The van der Waals surface area contributed by atoms with Crippen LogP contribution in [0.1, 0.15) is 47.0 Å². The molecule has 0 saturated carbocycles. The van der Waals surface area contributed by atoms with E-state index in [1.165, 1.54) is 28.0 Å². The van der Waals surface area contributed by atoms with Crippen LogP contribution in [-0.4, -0.2) is 34.8 Å². The van der Waals surface area contributed by atoms with Crippen LogP contribution >= 0.6 is 35.3 Å². The molecular weight excluding hydrogens is 539 g/mol. The lowest BCUT2D eigenvalue weighted by molar-refractivity contribution is -0.121. The number of aryl methyl sites for hydroxylation is 1. The topological polar surface area (TPSA) is 87.7 Å². The number of para-hydroxylation sites is 1. The Labute approximate surface area is 234 Å². The summed E-state index contributed by atoms with van der Waals surface area (Å²) in [5.41, 5.74) is 3.04. The molecule has 7 nitrogen and oxygen atoms in total. The molecular formula is C28H27N3O4S3. The van der Waals surface area contributed by atoms with Crippen LogP contribution in [-0.2, 0) is 27.2 Å². The van der Waals surface area contributed by atoms with E-state index in [4.69, 9.17) is 17.0 Å². The van der Waals surface area contributed by atoms with E-state index in [9.17, 15) is 14.4 Å². The second-order valence-corrected chi connectivity index (χ2v) is 11.7. The predicted octanol–water partition coefficient (Wildman–Crippen LogP) is 6.04. The third-order valence-corrected chi connectivity index (χ3v) is 9.04. The Bertz CT molecular complexity index is 1370. The van der Waals surface area contributed by atoms with Crippen molar-refractivity contribution in [3.05, 3.63) is 70.6 Å². The number of fused-ring (bicyclic) bond motifs is 1. The fourth-order valence-electron chi connectivity index (χ4n) is 4.63. The van der Waals surface area contributed by atoms with Gasteiger partial charge in [0, 0.05) is 27.6 Å². The van der Waals surface area contributed by atoms with Crippen molar-refractivity contribution in [1.82, 2.24) is 0 Å². The van der Waals surface area contributed by atoms with E-state index in [0.29, 0.717) is 15.7 Å². The van der Waals surface area contributed by atoms with Crippen LogP contribution in [0.4, 0.5) is 16.4 Å². The first-order valence-corrected chi connectivity index (χ1v) is 14.6. The maximum Gasteiger partial charge on any atom is 0.341 e. The van der Waals surface area contributed by atoms with Gasteiger partial charge < -0.3 is 15.4 Å². The molecule has 10 heteroatoms. The van der Waals surface area contributed by atoms with Crippen LogP contribution < -0.4 is 15.5 Å². The lowest BCUT2D eigenvalue weighted by atomic mass is 9.95. The Morgan fingerprint density at radius 3 is 2.45 bits per heavy atom. The number of nitrogens with one attached hydrogen (secondary N) is 2. The molecule has 1 aromatic heterocycles. The van der Waals surface area contributed by atoms with Gasteiger partial charge in [0.1, 0.15) is 5.00 Å². The standard InChI is InChI=1S/C28H27N3O4S3/c1-2-35-27(34)24-20-10-6-7-11-21(20)38-26(24)31-23(32)16-22(25(31)33)37-19-14-12-18(13-15-19)30-28(36)29-17-8-4-3-5-9-17/h3-5,8-9,12-15,22H,2,6-7,10-11,16H2,1H3,(H2,29,30,36)/t22-/m0/s1. The molecule has 3 aromatic rings. The van der Waals surface area contributed by atoms with Crippen molar-refractivity contribution < 1.29 is 19.1 Å². The van der Waals surface area contributed by atoms with Gasteiger partial charge >= 0.3 is 5.97 Å². The molecule has 1 saturated heterocycles. The normalized spacial score (nSPS) is 16.8. The molecule has 2 aromatic carbocycles. The van der Waals surface area contributed by atoms with Gasteiger partial charge in [0.2, 0.25) is 11.8 Å². The molecule has 5 rings (SSSR count). The summed E-state index contributed by atoms with van der Waals surface area (Å²) in [6, 6.07) is 17.2. The molecule has 1 fully saturated rings. The van der Waals surface area contributed by atoms with E-state index >= 15 is 0 Å². The largest absolute Gasteiger partial charge is 0.462 e. The van der Waals surface area contributed by atoms with Gasteiger partial charge in [0.25, 0.3) is 0 Å². The summed E-state index contributed by atoms with van der Waals surface area (Å²) in [5.74, 6) is -1.03. The summed E-state index contributed by atoms with van der Waals surface area (Å²) in [6.45, 7) is 1.99. The van der Waals surface area contributed by atoms with E-state index < -0.39 is 11.2 Å². The number of carbonyl (C=O) groups excluding carboxylic acids is 3. The van der Waals surface area contributed by atoms with Gasteiger partial charge in [-0.3, -0.25) is 9.59 Å². The smallest absolute Gasteiger partial charge is 0.341 e. The number of hydrogen-bond acceptors (Lipinski definition) is 7. The minimum Gasteiger partial charge on any atom is -0.462 e. The number of thioether (sulfide) groups is 1. The van der Waals surface area contributed by atoms with Crippen molar-refractivity contribution >= 4 is 74.6 Å². The van der Waals surface area contributed by atoms with Gasteiger partial charge in [-0.15, -0.1) is 23.1 Å². The van der Waals surface area contributed by atoms with Gasteiger partial charge in [-0.2, -0.15) is 0 Å². The Morgan fingerprint density at radius 2 is 1.74 bits per heavy atom. The molecule has 1 aliphatic heterocycles. The number of benzene rings is 2. The van der Waals surface area contributed by atoms with Crippen molar-refractivity contribution in [2.24, 2.45) is 0 Å². The molecule has 1 aliphatic carbocycles. The average Bonchev–Trinajstić information content (AvgIpc) is 3.41. The molecule has 196 valence electrons. The molecule has 38 heavy (non-hydrogen) atoms. The third kappa shape index (κ3) is 5.62. The highest BCUT2D eigenvalue weighted by molar-refractivity contribution is 8.00. The number of esters is 1. The van der Waals surface area contributed by atoms with Gasteiger partial charge in [0.05, 0.1) is 17.4 Å². The lowest BCUT2D eigenvalue weighted by Gasteiger charge is -2.16. The number of anilines is 3. The van der Waals surface area contributed by atoms with Crippen molar-refractivity contribution in [2.75, 3.05) is 22.1 Å². The summed E-state index contributed by atoms with van der Waals surface area (Å²) in [6.07, 6.45) is 3.71. The maximum absolute atomic E-state index is 13.5. The minimum atomic E-state index is -0.559. The molecule has 2 aliphatic rings. The molecule has 0 radical (unpaired) electrons. The Morgan fingerprint density at radius 1 is 1.05 bits per heavy atom. The molecule has 2 amide bonds. The molecule has 0 bridgehead atoms. The zero-order chi connectivity index (χ0) is 26.6. The van der Waals surface area contributed by atoms with Crippen molar-refractivity contribution in [2.45, 2.75) is 49.2 Å². The predicted molar refractivity (Wildman–Crippen MR) is 156 cm³/mol. The highest BCUT2D eigenvalue weighted by Gasteiger charge is 2.43. The summed E-state index contributed by atoms with van der Waals surface area (Å²) in [4.78, 5) is 42.5. The molecule has 2 heterocycles. The summed E-state index contributed by atoms with van der Waals surface area (Å²) < 4.78 is 5.31. The Hall–Kier alpha value is -3.21.